The quantitative estimate of drug-likeness (QED) is 0.695. The second-order valence-corrected chi connectivity index (χ2v) is 7.35. The van der Waals surface area contributed by atoms with Gasteiger partial charge in [-0.15, -0.1) is 0 Å². The van der Waals surface area contributed by atoms with Gasteiger partial charge in [-0.3, -0.25) is 0 Å². The van der Waals surface area contributed by atoms with Crippen molar-refractivity contribution >= 4 is 0 Å². The first-order valence-electron chi connectivity index (χ1n) is 7.72. The number of hydrogen-bond donors (Lipinski definition) is 1. The fourth-order valence-corrected chi connectivity index (χ4v) is 2.25. The van der Waals surface area contributed by atoms with Gasteiger partial charge in [-0.2, -0.15) is 0 Å². The summed E-state index contributed by atoms with van der Waals surface area (Å²) in [7, 11) is 6.53. The second-order valence-electron chi connectivity index (χ2n) is 7.35. The zero-order chi connectivity index (χ0) is 15.1. The van der Waals surface area contributed by atoms with Crippen molar-refractivity contribution < 1.29 is 0 Å². The summed E-state index contributed by atoms with van der Waals surface area (Å²) in [6, 6.07) is 0. The maximum atomic E-state index is 3.70. The Hall–Kier alpha value is -0.120. The molecule has 0 heterocycles. The number of nitrogens with zero attached hydrogens (tertiary/aromatic N) is 2. The molecule has 3 nitrogen and oxygen atoms in total. The van der Waals surface area contributed by atoms with E-state index in [9.17, 15) is 0 Å². The van der Waals surface area contributed by atoms with Gasteiger partial charge in [0.05, 0.1) is 0 Å². The van der Waals surface area contributed by atoms with E-state index in [1.165, 1.54) is 19.4 Å². The molecule has 3 heteroatoms. The molecule has 0 atom stereocenters. The van der Waals surface area contributed by atoms with Crippen LogP contribution in [0.3, 0.4) is 0 Å². The summed E-state index contributed by atoms with van der Waals surface area (Å²) in [5, 5.41) is 3.70. The molecular weight excluding hydrogens is 234 g/mol. The van der Waals surface area contributed by atoms with E-state index in [0.717, 1.165) is 19.6 Å². The molecule has 0 rings (SSSR count). The maximum Gasteiger partial charge on any atom is 0.0106 e. The van der Waals surface area contributed by atoms with Crippen LogP contribution in [0.1, 0.15) is 47.5 Å². The van der Waals surface area contributed by atoms with Crippen LogP contribution in [0.5, 0.6) is 0 Å². The number of nitrogens with one attached hydrogen (secondary N) is 1. The van der Waals surface area contributed by atoms with Crippen molar-refractivity contribution in [2.24, 2.45) is 5.41 Å². The molecule has 0 aliphatic carbocycles. The van der Waals surface area contributed by atoms with E-state index in [4.69, 9.17) is 0 Å². The van der Waals surface area contributed by atoms with E-state index in [2.05, 4.69) is 70.9 Å². The molecule has 0 aliphatic heterocycles. The molecule has 0 aromatic rings. The van der Waals surface area contributed by atoms with Crippen LogP contribution < -0.4 is 5.32 Å². The molecule has 0 amide bonds. The first kappa shape index (κ1) is 18.9. The largest absolute Gasteiger partial charge is 0.311 e. The average Bonchev–Trinajstić information content (AvgIpc) is 2.31. The number of rotatable bonds is 9. The number of hydrogen-bond acceptors (Lipinski definition) is 3. The summed E-state index contributed by atoms with van der Waals surface area (Å²) in [5.74, 6) is 0. The van der Waals surface area contributed by atoms with Gasteiger partial charge < -0.3 is 15.1 Å². The van der Waals surface area contributed by atoms with Crippen LogP contribution in [0.2, 0.25) is 0 Å². The van der Waals surface area contributed by atoms with E-state index in [-0.39, 0.29) is 5.54 Å². The molecule has 0 aromatic heterocycles. The zero-order valence-corrected chi connectivity index (χ0v) is 14.6. The van der Waals surface area contributed by atoms with E-state index in [1.807, 2.05) is 0 Å². The molecule has 0 unspecified atom stereocenters. The molecule has 0 saturated carbocycles. The Morgan fingerprint density at radius 1 is 0.895 bits per heavy atom. The fourth-order valence-electron chi connectivity index (χ4n) is 2.25. The third kappa shape index (κ3) is 8.61. The Labute approximate surface area is 121 Å². The molecule has 1 N–H and O–H groups in total. The van der Waals surface area contributed by atoms with Gasteiger partial charge in [0.1, 0.15) is 0 Å². The standard InChI is InChI=1S/C16H37N3/c1-9-16(10-2,13-17-15(3,4)5)14-19(8)12-11-18(6)7/h17H,9-14H2,1-8H3. The van der Waals surface area contributed by atoms with Crippen LogP contribution in [0, 0.1) is 5.41 Å². The predicted molar refractivity (Wildman–Crippen MR) is 86.8 cm³/mol. The van der Waals surface area contributed by atoms with Crippen molar-refractivity contribution in [3.8, 4) is 0 Å². The molecule has 0 fully saturated rings. The summed E-state index contributed by atoms with van der Waals surface area (Å²) < 4.78 is 0. The summed E-state index contributed by atoms with van der Waals surface area (Å²) in [6.45, 7) is 16.0. The molecule has 0 saturated heterocycles. The zero-order valence-electron chi connectivity index (χ0n) is 14.6. The van der Waals surface area contributed by atoms with E-state index in [0.29, 0.717) is 5.41 Å². The van der Waals surface area contributed by atoms with Crippen LogP contribution in [-0.2, 0) is 0 Å². The van der Waals surface area contributed by atoms with Crippen molar-refractivity contribution in [1.82, 2.24) is 15.1 Å². The lowest BCUT2D eigenvalue weighted by molar-refractivity contribution is 0.138. The van der Waals surface area contributed by atoms with Gasteiger partial charge >= 0.3 is 0 Å². The predicted octanol–water partition coefficient (Wildman–Crippen LogP) is 2.67. The second kappa shape index (κ2) is 8.23. The lowest BCUT2D eigenvalue weighted by atomic mass is 9.81. The molecule has 0 bridgehead atoms. The minimum atomic E-state index is 0.206. The van der Waals surface area contributed by atoms with Gasteiger partial charge in [-0.1, -0.05) is 13.8 Å². The Morgan fingerprint density at radius 2 is 1.42 bits per heavy atom. The Morgan fingerprint density at radius 3 is 1.79 bits per heavy atom. The SMILES string of the molecule is CCC(CC)(CNC(C)(C)C)CN(C)CCN(C)C. The topological polar surface area (TPSA) is 18.5 Å². The monoisotopic (exact) mass is 271 g/mol. The highest BCUT2D eigenvalue weighted by Crippen LogP contribution is 2.27. The lowest BCUT2D eigenvalue weighted by Gasteiger charge is -2.38. The molecule has 0 radical (unpaired) electrons. The molecule has 0 aliphatic rings. The normalized spacial score (nSPS) is 13.6. The maximum absolute atomic E-state index is 3.70. The van der Waals surface area contributed by atoms with Crippen molar-refractivity contribution in [2.45, 2.75) is 53.0 Å². The minimum Gasteiger partial charge on any atom is -0.311 e. The molecular formula is C16H37N3. The van der Waals surface area contributed by atoms with Crippen LogP contribution in [0.25, 0.3) is 0 Å². The summed E-state index contributed by atoms with van der Waals surface area (Å²) in [4.78, 5) is 4.74. The fraction of sp³-hybridized carbons (Fsp3) is 1.00. The Bertz CT molecular complexity index is 227. The Kier molecular flexibility index (Phi) is 8.18. The van der Waals surface area contributed by atoms with Gasteiger partial charge in [-0.25, -0.2) is 0 Å². The molecule has 0 spiro atoms. The van der Waals surface area contributed by atoms with E-state index in [1.54, 1.807) is 0 Å². The third-order valence-corrected chi connectivity index (χ3v) is 4.03. The van der Waals surface area contributed by atoms with Crippen molar-refractivity contribution in [2.75, 3.05) is 47.3 Å². The van der Waals surface area contributed by atoms with Crippen molar-refractivity contribution in [3.05, 3.63) is 0 Å². The lowest BCUT2D eigenvalue weighted by Crippen LogP contribution is -2.48. The highest BCUT2D eigenvalue weighted by atomic mass is 15.2. The first-order valence-corrected chi connectivity index (χ1v) is 7.72. The third-order valence-electron chi connectivity index (χ3n) is 4.03. The van der Waals surface area contributed by atoms with Crippen LogP contribution >= 0.6 is 0 Å². The van der Waals surface area contributed by atoms with Gasteiger partial charge in [0.15, 0.2) is 0 Å². The highest BCUT2D eigenvalue weighted by molar-refractivity contribution is 4.85. The molecule has 116 valence electrons. The average molecular weight is 271 g/mol. The summed E-state index contributed by atoms with van der Waals surface area (Å²) in [5.41, 5.74) is 0.603. The van der Waals surface area contributed by atoms with Crippen molar-refractivity contribution in [1.29, 1.82) is 0 Å². The van der Waals surface area contributed by atoms with Crippen LogP contribution in [-0.4, -0.2) is 62.7 Å². The van der Waals surface area contributed by atoms with Crippen LogP contribution in [0.15, 0.2) is 0 Å². The highest BCUT2D eigenvalue weighted by Gasteiger charge is 2.29. The molecule has 0 aromatic carbocycles. The first-order chi connectivity index (χ1) is 8.64. The summed E-state index contributed by atoms with van der Waals surface area (Å²) >= 11 is 0. The van der Waals surface area contributed by atoms with Crippen molar-refractivity contribution in [3.63, 3.8) is 0 Å². The van der Waals surface area contributed by atoms with Gasteiger partial charge in [0.25, 0.3) is 0 Å². The number of likely N-dealkylation sites (N-methyl/N-ethyl adjacent to an activating group) is 2. The van der Waals surface area contributed by atoms with Gasteiger partial charge in [-0.05, 0) is 60.2 Å². The Balaban J connectivity index is 4.44. The van der Waals surface area contributed by atoms with E-state index < -0.39 is 0 Å². The van der Waals surface area contributed by atoms with E-state index >= 15 is 0 Å². The minimum absolute atomic E-state index is 0.206. The smallest absolute Gasteiger partial charge is 0.0106 e. The van der Waals surface area contributed by atoms with Crippen LogP contribution in [0.4, 0.5) is 0 Å². The summed E-state index contributed by atoms with van der Waals surface area (Å²) in [6.07, 6.45) is 2.47. The molecule has 19 heavy (non-hydrogen) atoms. The van der Waals surface area contributed by atoms with Gasteiger partial charge in [0, 0.05) is 31.7 Å². The van der Waals surface area contributed by atoms with Gasteiger partial charge in [0.2, 0.25) is 0 Å².